The Morgan fingerprint density at radius 1 is 1.50 bits per heavy atom. The van der Waals surface area contributed by atoms with Crippen molar-refractivity contribution in [3.63, 3.8) is 0 Å². The van der Waals surface area contributed by atoms with Gasteiger partial charge in [-0.25, -0.2) is 9.79 Å². The highest BCUT2D eigenvalue weighted by molar-refractivity contribution is 6.33. The SMILES string of the molecule is COc1cc(O)c(CN=C=O)c(Cl)c1OC. The van der Waals surface area contributed by atoms with Crippen LogP contribution in [0, 0.1) is 0 Å². The van der Waals surface area contributed by atoms with Gasteiger partial charge in [-0.2, -0.15) is 0 Å². The smallest absolute Gasteiger partial charge is 0.235 e. The van der Waals surface area contributed by atoms with E-state index in [1.54, 1.807) is 0 Å². The van der Waals surface area contributed by atoms with Crippen molar-refractivity contribution < 1.29 is 19.4 Å². The lowest BCUT2D eigenvalue weighted by Crippen LogP contribution is -1.95. The number of isocyanates is 1. The monoisotopic (exact) mass is 243 g/mol. The summed E-state index contributed by atoms with van der Waals surface area (Å²) >= 11 is 5.98. The van der Waals surface area contributed by atoms with Crippen molar-refractivity contribution >= 4 is 17.7 Å². The van der Waals surface area contributed by atoms with Crippen LogP contribution in [0.15, 0.2) is 11.1 Å². The van der Waals surface area contributed by atoms with Crippen molar-refractivity contribution in [2.24, 2.45) is 4.99 Å². The summed E-state index contributed by atoms with van der Waals surface area (Å²) in [5.41, 5.74) is 0.294. The summed E-state index contributed by atoms with van der Waals surface area (Å²) in [6, 6.07) is 1.35. The van der Waals surface area contributed by atoms with E-state index < -0.39 is 0 Å². The predicted octanol–water partition coefficient (Wildman–Crippen LogP) is 1.90. The van der Waals surface area contributed by atoms with Crippen LogP contribution in [-0.4, -0.2) is 25.4 Å². The Labute approximate surface area is 97.3 Å². The Morgan fingerprint density at radius 2 is 2.19 bits per heavy atom. The molecule has 0 amide bonds. The Kier molecular flexibility index (Phi) is 4.17. The number of benzene rings is 1. The van der Waals surface area contributed by atoms with Gasteiger partial charge < -0.3 is 14.6 Å². The number of methoxy groups -OCH3 is 2. The maximum Gasteiger partial charge on any atom is 0.235 e. The highest BCUT2D eigenvalue weighted by Crippen LogP contribution is 2.42. The van der Waals surface area contributed by atoms with Crippen molar-refractivity contribution in [3.8, 4) is 17.2 Å². The summed E-state index contributed by atoms with van der Waals surface area (Å²) in [5, 5.41) is 9.81. The van der Waals surface area contributed by atoms with Crippen molar-refractivity contribution in [1.82, 2.24) is 0 Å². The molecule has 86 valence electrons. The molecule has 1 aromatic rings. The predicted molar refractivity (Wildman–Crippen MR) is 58.0 cm³/mol. The lowest BCUT2D eigenvalue weighted by Gasteiger charge is -2.13. The van der Waals surface area contributed by atoms with Gasteiger partial charge in [-0.05, 0) is 0 Å². The fourth-order valence-electron chi connectivity index (χ4n) is 1.24. The number of rotatable bonds is 4. The van der Waals surface area contributed by atoms with Gasteiger partial charge in [0.25, 0.3) is 0 Å². The number of aromatic hydroxyl groups is 1. The van der Waals surface area contributed by atoms with Crippen LogP contribution in [0.4, 0.5) is 0 Å². The standard InChI is InChI=1S/C10H10ClNO4/c1-15-8-3-7(14)6(4-12-5-13)9(11)10(8)16-2/h3,14H,4H2,1-2H3. The molecule has 0 bridgehead atoms. The van der Waals surface area contributed by atoms with Crippen molar-refractivity contribution in [2.75, 3.05) is 14.2 Å². The van der Waals surface area contributed by atoms with Crippen LogP contribution in [0.25, 0.3) is 0 Å². The first-order valence-corrected chi connectivity index (χ1v) is 4.69. The van der Waals surface area contributed by atoms with Gasteiger partial charge in [0, 0.05) is 11.6 Å². The molecular formula is C10H10ClNO4. The zero-order chi connectivity index (χ0) is 12.1. The first kappa shape index (κ1) is 12.4. The quantitative estimate of drug-likeness (QED) is 0.648. The maximum absolute atomic E-state index is 10.0. The normalized spacial score (nSPS) is 9.44. The molecular weight excluding hydrogens is 234 g/mol. The van der Waals surface area contributed by atoms with Crippen LogP contribution in [0.3, 0.4) is 0 Å². The highest BCUT2D eigenvalue weighted by Gasteiger charge is 2.17. The Morgan fingerprint density at radius 3 is 2.69 bits per heavy atom. The molecule has 0 radical (unpaired) electrons. The summed E-state index contributed by atoms with van der Waals surface area (Å²) in [5.74, 6) is 0.489. The van der Waals surface area contributed by atoms with Crippen LogP contribution < -0.4 is 9.47 Å². The second-order valence-electron chi connectivity index (χ2n) is 2.83. The minimum atomic E-state index is -0.110. The van der Waals surface area contributed by atoms with Gasteiger partial charge in [0.05, 0.1) is 25.8 Å². The van der Waals surface area contributed by atoms with E-state index in [0.717, 1.165) is 0 Å². The van der Waals surface area contributed by atoms with E-state index in [1.165, 1.54) is 26.4 Å². The van der Waals surface area contributed by atoms with E-state index in [-0.39, 0.29) is 23.1 Å². The van der Waals surface area contributed by atoms with Crippen LogP contribution in [0.1, 0.15) is 5.56 Å². The zero-order valence-corrected chi connectivity index (χ0v) is 9.54. The average molecular weight is 244 g/mol. The summed E-state index contributed by atoms with van der Waals surface area (Å²) in [6.07, 6.45) is 1.37. The molecule has 0 saturated heterocycles. The van der Waals surface area contributed by atoms with Crippen LogP contribution in [-0.2, 0) is 11.3 Å². The van der Waals surface area contributed by atoms with Gasteiger partial charge >= 0.3 is 0 Å². The molecule has 0 aliphatic carbocycles. The minimum absolute atomic E-state index is 0.0610. The lowest BCUT2D eigenvalue weighted by molar-refractivity contribution is 0.350. The third kappa shape index (κ3) is 2.27. The minimum Gasteiger partial charge on any atom is -0.507 e. The second kappa shape index (κ2) is 5.39. The van der Waals surface area contributed by atoms with E-state index >= 15 is 0 Å². The molecule has 0 spiro atoms. The fourth-order valence-corrected chi connectivity index (χ4v) is 1.56. The molecule has 0 heterocycles. The molecule has 1 rings (SSSR count). The molecule has 5 nitrogen and oxygen atoms in total. The van der Waals surface area contributed by atoms with E-state index in [2.05, 4.69) is 4.99 Å². The van der Waals surface area contributed by atoms with E-state index in [9.17, 15) is 9.90 Å². The molecule has 0 atom stereocenters. The van der Waals surface area contributed by atoms with Crippen LogP contribution in [0.5, 0.6) is 17.2 Å². The molecule has 0 unspecified atom stereocenters. The van der Waals surface area contributed by atoms with Gasteiger partial charge in [0.15, 0.2) is 11.5 Å². The topological polar surface area (TPSA) is 68.1 Å². The number of nitrogens with zero attached hydrogens (tertiary/aromatic N) is 1. The third-order valence-corrected chi connectivity index (χ3v) is 2.39. The molecule has 16 heavy (non-hydrogen) atoms. The first-order chi connectivity index (χ1) is 7.65. The summed E-state index contributed by atoms with van der Waals surface area (Å²) < 4.78 is 10.0. The third-order valence-electron chi connectivity index (χ3n) is 1.99. The maximum atomic E-state index is 10.0. The van der Waals surface area contributed by atoms with Gasteiger partial charge in [-0.3, -0.25) is 0 Å². The second-order valence-corrected chi connectivity index (χ2v) is 3.21. The number of halogens is 1. The average Bonchev–Trinajstić information content (AvgIpc) is 2.28. The number of hydrogen-bond donors (Lipinski definition) is 1. The van der Waals surface area contributed by atoms with Gasteiger partial charge in [0.2, 0.25) is 6.08 Å². The summed E-state index contributed by atoms with van der Waals surface area (Å²) in [7, 11) is 2.85. The first-order valence-electron chi connectivity index (χ1n) is 4.31. The summed E-state index contributed by atoms with van der Waals surface area (Å²) in [6.45, 7) is -0.0610. The molecule has 0 aliphatic heterocycles. The zero-order valence-electron chi connectivity index (χ0n) is 8.78. The molecule has 1 aromatic carbocycles. The van der Waals surface area contributed by atoms with Crippen LogP contribution in [0.2, 0.25) is 5.02 Å². The number of carbonyl (C=O) groups excluding carboxylic acids is 1. The Balaban J connectivity index is 3.34. The number of hydrogen-bond acceptors (Lipinski definition) is 5. The molecule has 0 aliphatic rings. The van der Waals surface area contributed by atoms with Gasteiger partial charge in [-0.1, -0.05) is 11.6 Å². The fraction of sp³-hybridized carbons (Fsp3) is 0.300. The van der Waals surface area contributed by atoms with Crippen molar-refractivity contribution in [1.29, 1.82) is 0 Å². The number of phenols is 1. The van der Waals surface area contributed by atoms with Crippen molar-refractivity contribution in [2.45, 2.75) is 6.54 Å². The van der Waals surface area contributed by atoms with E-state index in [1.807, 2.05) is 0 Å². The summed E-state index contributed by atoms with van der Waals surface area (Å²) in [4.78, 5) is 13.4. The number of ether oxygens (including phenoxy) is 2. The lowest BCUT2D eigenvalue weighted by atomic mass is 10.1. The van der Waals surface area contributed by atoms with Gasteiger partial charge in [0.1, 0.15) is 5.75 Å². The number of aliphatic imine (C=N–C) groups is 1. The molecule has 0 saturated carbocycles. The molecule has 1 N–H and O–H groups in total. The van der Waals surface area contributed by atoms with Gasteiger partial charge in [-0.15, -0.1) is 0 Å². The molecule has 0 aromatic heterocycles. The highest BCUT2D eigenvalue weighted by atomic mass is 35.5. The molecule has 0 fully saturated rings. The van der Waals surface area contributed by atoms with Crippen LogP contribution >= 0.6 is 11.6 Å². The largest absolute Gasteiger partial charge is 0.507 e. The van der Waals surface area contributed by atoms with Crippen molar-refractivity contribution in [3.05, 3.63) is 16.7 Å². The Bertz CT molecular complexity index is 441. The number of phenolic OH excluding ortho intramolecular Hbond substituents is 1. The van der Waals surface area contributed by atoms with E-state index in [4.69, 9.17) is 21.1 Å². The van der Waals surface area contributed by atoms with E-state index in [0.29, 0.717) is 11.3 Å². The Hall–Kier alpha value is -1.71. The molecule has 6 heteroatoms.